The van der Waals surface area contributed by atoms with Gasteiger partial charge in [-0.3, -0.25) is 0 Å². The Hall–Kier alpha value is -2.75. The minimum Gasteiger partial charge on any atom is -0.388 e. The predicted molar refractivity (Wildman–Crippen MR) is 100 cm³/mol. The summed E-state index contributed by atoms with van der Waals surface area (Å²) in [4.78, 5) is 19.8. The van der Waals surface area contributed by atoms with E-state index >= 15 is 0 Å². The van der Waals surface area contributed by atoms with Crippen molar-refractivity contribution in [3.8, 4) is 17.1 Å². The van der Waals surface area contributed by atoms with Crippen LogP contribution in [-0.2, 0) is 11.2 Å². The number of aromatic nitrogens is 2. The number of hydrogen-bond donors (Lipinski definition) is 0. The van der Waals surface area contributed by atoms with E-state index in [4.69, 9.17) is 4.74 Å². The Morgan fingerprint density at radius 1 is 1.04 bits per heavy atom. The first-order chi connectivity index (χ1) is 12.2. The Morgan fingerprint density at radius 3 is 2.40 bits per heavy atom. The van der Waals surface area contributed by atoms with Crippen molar-refractivity contribution in [2.45, 2.75) is 39.5 Å². The van der Waals surface area contributed by atoms with Crippen molar-refractivity contribution in [3.63, 3.8) is 0 Å². The van der Waals surface area contributed by atoms with Crippen LogP contribution in [0.5, 0.6) is 6.01 Å². The third kappa shape index (κ3) is 6.34. The molecule has 1 aromatic carbocycles. The van der Waals surface area contributed by atoms with Crippen LogP contribution in [0.4, 0.5) is 0 Å². The molecule has 0 aliphatic rings. The molecule has 0 spiro atoms. The first-order valence-corrected chi connectivity index (χ1v) is 8.65. The van der Waals surface area contributed by atoms with Crippen LogP contribution in [0.2, 0.25) is 0 Å². The number of aryl methyl sites for hydroxylation is 1. The number of nitrogens with zero attached hydrogens (tertiary/aromatic N) is 2. The summed E-state index contributed by atoms with van der Waals surface area (Å²) in [6.07, 6.45) is 14.7. The summed E-state index contributed by atoms with van der Waals surface area (Å²) >= 11 is 0. The molecule has 0 fully saturated rings. The summed E-state index contributed by atoms with van der Waals surface area (Å²) in [7, 11) is 0. The second-order valence-electron chi connectivity index (χ2n) is 5.71. The number of esters is 1. The zero-order chi connectivity index (χ0) is 17.9. The number of ether oxygens (including phenoxy) is 1. The monoisotopic (exact) mass is 336 g/mol. The van der Waals surface area contributed by atoms with Crippen LogP contribution in [0.25, 0.3) is 11.1 Å². The lowest BCUT2D eigenvalue weighted by molar-refractivity contribution is -0.129. The van der Waals surface area contributed by atoms with Crippen molar-refractivity contribution >= 4 is 5.97 Å². The minimum atomic E-state index is -0.498. The molecule has 0 unspecified atom stereocenters. The van der Waals surface area contributed by atoms with Crippen LogP contribution in [-0.4, -0.2) is 15.9 Å². The molecule has 0 N–H and O–H groups in total. The highest BCUT2D eigenvalue weighted by molar-refractivity contribution is 5.83. The van der Waals surface area contributed by atoms with Gasteiger partial charge < -0.3 is 4.74 Å². The molecular formula is C21H24N2O2. The average Bonchev–Trinajstić information content (AvgIpc) is 2.63. The number of benzene rings is 1. The van der Waals surface area contributed by atoms with E-state index < -0.39 is 5.97 Å². The van der Waals surface area contributed by atoms with E-state index in [-0.39, 0.29) is 6.01 Å². The Kier molecular flexibility index (Phi) is 7.57. The Labute approximate surface area is 149 Å². The highest BCUT2D eigenvalue weighted by Crippen LogP contribution is 2.20. The molecule has 0 aliphatic heterocycles. The van der Waals surface area contributed by atoms with E-state index in [1.54, 1.807) is 24.5 Å². The molecule has 0 saturated carbocycles. The summed E-state index contributed by atoms with van der Waals surface area (Å²) in [5.41, 5.74) is 3.28. The zero-order valence-corrected chi connectivity index (χ0v) is 14.8. The number of carbonyl (C=O) groups is 1. The predicted octanol–water partition coefficient (Wildman–Crippen LogP) is 4.91. The van der Waals surface area contributed by atoms with Crippen molar-refractivity contribution in [1.29, 1.82) is 0 Å². The summed E-state index contributed by atoms with van der Waals surface area (Å²) < 4.78 is 5.04. The highest BCUT2D eigenvalue weighted by atomic mass is 16.5. The summed E-state index contributed by atoms with van der Waals surface area (Å²) in [6.45, 7) is 4.08. The van der Waals surface area contributed by atoms with Crippen LogP contribution in [0.15, 0.2) is 61.0 Å². The second-order valence-corrected chi connectivity index (χ2v) is 5.71. The third-order valence-corrected chi connectivity index (χ3v) is 3.71. The van der Waals surface area contributed by atoms with E-state index in [0.717, 1.165) is 17.5 Å². The van der Waals surface area contributed by atoms with Gasteiger partial charge in [-0.2, -0.15) is 0 Å². The molecule has 25 heavy (non-hydrogen) atoms. The fraction of sp³-hybridized carbons (Fsp3) is 0.286. The van der Waals surface area contributed by atoms with Crippen molar-refractivity contribution in [3.05, 3.63) is 66.5 Å². The maximum atomic E-state index is 11.6. The molecular weight excluding hydrogens is 312 g/mol. The van der Waals surface area contributed by atoms with Gasteiger partial charge in [0.1, 0.15) is 0 Å². The van der Waals surface area contributed by atoms with Crippen LogP contribution >= 0.6 is 0 Å². The molecule has 2 rings (SSSR count). The summed E-state index contributed by atoms with van der Waals surface area (Å²) in [6, 6.07) is 8.49. The van der Waals surface area contributed by atoms with Crippen LogP contribution in [0.1, 0.15) is 38.7 Å². The molecule has 4 heteroatoms. The number of carbonyl (C=O) groups excluding carboxylic acids is 1. The molecule has 0 saturated heterocycles. The van der Waals surface area contributed by atoms with E-state index in [1.807, 2.05) is 13.0 Å². The van der Waals surface area contributed by atoms with Gasteiger partial charge in [0.05, 0.1) is 0 Å². The van der Waals surface area contributed by atoms with Gasteiger partial charge in [-0.15, -0.1) is 0 Å². The van der Waals surface area contributed by atoms with Crippen LogP contribution in [0, 0.1) is 0 Å². The lowest BCUT2D eigenvalue weighted by atomic mass is 10.0. The zero-order valence-electron chi connectivity index (χ0n) is 14.8. The van der Waals surface area contributed by atoms with Gasteiger partial charge in [0.25, 0.3) is 0 Å². The highest BCUT2D eigenvalue weighted by Gasteiger charge is 2.05. The first kappa shape index (κ1) is 18.6. The molecule has 0 amide bonds. The Bertz CT molecular complexity index is 717. The van der Waals surface area contributed by atoms with Crippen LogP contribution in [0.3, 0.4) is 0 Å². The normalized spacial score (nSPS) is 11.3. The molecule has 2 aromatic rings. The molecule has 1 aromatic heterocycles. The van der Waals surface area contributed by atoms with Crippen molar-refractivity contribution in [2.75, 3.05) is 0 Å². The Balaban J connectivity index is 1.96. The second kappa shape index (κ2) is 10.2. The standard InChI is InChI=1S/C21H24N2O2/c1-3-5-7-9-17-11-13-18(14-12-17)19-15-22-21(23-16-19)25-20(24)10-8-6-4-2/h4,6,8,10-16H,3,5,7,9H2,1-2H3. The molecule has 0 bridgehead atoms. The molecule has 0 radical (unpaired) electrons. The van der Waals surface area contributed by atoms with Gasteiger partial charge in [0.2, 0.25) is 0 Å². The van der Waals surface area contributed by atoms with Crippen LogP contribution < -0.4 is 4.74 Å². The summed E-state index contributed by atoms with van der Waals surface area (Å²) in [5.74, 6) is -0.498. The number of allylic oxidation sites excluding steroid dienone is 3. The van der Waals surface area contributed by atoms with Gasteiger partial charge in [0, 0.05) is 24.0 Å². The molecule has 0 aliphatic carbocycles. The lowest BCUT2D eigenvalue weighted by Gasteiger charge is -2.05. The van der Waals surface area contributed by atoms with Gasteiger partial charge >= 0.3 is 12.0 Å². The topological polar surface area (TPSA) is 52.1 Å². The number of unbranched alkanes of at least 4 members (excludes halogenated alkanes) is 2. The van der Waals surface area contributed by atoms with Crippen molar-refractivity contribution in [2.24, 2.45) is 0 Å². The fourth-order valence-corrected chi connectivity index (χ4v) is 2.33. The Morgan fingerprint density at radius 2 is 1.76 bits per heavy atom. The van der Waals surface area contributed by atoms with E-state index in [1.165, 1.54) is 30.9 Å². The van der Waals surface area contributed by atoms with Gasteiger partial charge in [0.15, 0.2) is 0 Å². The first-order valence-electron chi connectivity index (χ1n) is 8.65. The minimum absolute atomic E-state index is 0.0510. The largest absolute Gasteiger partial charge is 0.388 e. The van der Waals surface area contributed by atoms with E-state index in [0.29, 0.717) is 0 Å². The van der Waals surface area contributed by atoms with E-state index in [2.05, 4.69) is 41.2 Å². The van der Waals surface area contributed by atoms with Crippen molar-refractivity contribution in [1.82, 2.24) is 9.97 Å². The quantitative estimate of drug-likeness (QED) is 0.297. The van der Waals surface area contributed by atoms with Crippen molar-refractivity contribution < 1.29 is 9.53 Å². The SMILES string of the molecule is CC=CC=CC(=O)Oc1ncc(-c2ccc(CCCCC)cc2)cn1. The number of rotatable bonds is 8. The molecule has 0 atom stereocenters. The van der Waals surface area contributed by atoms with E-state index in [9.17, 15) is 4.79 Å². The lowest BCUT2D eigenvalue weighted by Crippen LogP contribution is -2.06. The third-order valence-electron chi connectivity index (χ3n) is 3.71. The maximum Gasteiger partial charge on any atom is 0.338 e. The molecule has 4 nitrogen and oxygen atoms in total. The van der Waals surface area contributed by atoms with Gasteiger partial charge in [-0.1, -0.05) is 62.3 Å². The summed E-state index contributed by atoms with van der Waals surface area (Å²) in [5, 5.41) is 0. The smallest absolute Gasteiger partial charge is 0.338 e. The molecule has 1 heterocycles. The van der Waals surface area contributed by atoms with Gasteiger partial charge in [-0.05, 0) is 30.9 Å². The molecule has 130 valence electrons. The fourth-order valence-electron chi connectivity index (χ4n) is 2.33. The maximum absolute atomic E-state index is 11.6. The number of hydrogen-bond acceptors (Lipinski definition) is 4. The van der Waals surface area contributed by atoms with Gasteiger partial charge in [-0.25, -0.2) is 14.8 Å². The average molecular weight is 336 g/mol.